The third kappa shape index (κ3) is 6.86. The maximum Gasteiger partial charge on any atom is 0.237 e. The third-order valence-electron chi connectivity index (χ3n) is 8.06. The van der Waals surface area contributed by atoms with Gasteiger partial charge in [-0.15, -0.1) is 0 Å². The van der Waals surface area contributed by atoms with Crippen molar-refractivity contribution in [3.05, 3.63) is 35.1 Å². The minimum absolute atomic E-state index is 0.00891. The molecule has 2 N–H and O–H groups in total. The van der Waals surface area contributed by atoms with Crippen LogP contribution in [-0.2, 0) is 35.4 Å². The summed E-state index contributed by atoms with van der Waals surface area (Å²) in [6.45, 7) is -0.0257. The van der Waals surface area contributed by atoms with Gasteiger partial charge < -0.3 is 15.5 Å². The molecule has 0 aliphatic carbocycles. The van der Waals surface area contributed by atoms with Gasteiger partial charge in [-0.1, -0.05) is 0 Å². The quantitative estimate of drug-likeness (QED) is 0.367. The van der Waals surface area contributed by atoms with E-state index in [0.29, 0.717) is 18.9 Å². The zero-order chi connectivity index (χ0) is 28.5. The molecular formula is C26H32F3N3O6S. The summed E-state index contributed by atoms with van der Waals surface area (Å²) in [7, 11) is -3.91. The summed E-state index contributed by atoms with van der Waals surface area (Å²) in [5.74, 6) is -6.83. The van der Waals surface area contributed by atoms with E-state index in [1.54, 1.807) is 4.90 Å². The van der Waals surface area contributed by atoms with Crippen molar-refractivity contribution >= 4 is 33.2 Å². The van der Waals surface area contributed by atoms with Crippen LogP contribution in [0.4, 0.5) is 13.2 Å². The molecule has 2 amide bonds. The van der Waals surface area contributed by atoms with Crippen LogP contribution in [-0.4, -0.2) is 84.3 Å². The number of piperidine rings is 1. The molecule has 1 aromatic carbocycles. The second-order valence-electron chi connectivity index (χ2n) is 10.7. The van der Waals surface area contributed by atoms with E-state index in [0.717, 1.165) is 18.9 Å². The van der Waals surface area contributed by atoms with E-state index >= 15 is 0 Å². The molecular weight excluding hydrogens is 539 g/mol. The van der Waals surface area contributed by atoms with Crippen LogP contribution in [0, 0.1) is 23.4 Å². The Labute approximate surface area is 224 Å². The number of hydrogen-bond acceptors (Lipinski definition) is 7. The number of sulfone groups is 1. The van der Waals surface area contributed by atoms with Crippen LogP contribution in [0.15, 0.2) is 12.1 Å². The number of nitrogens with zero attached hydrogens (tertiary/aromatic N) is 2. The molecule has 0 spiro atoms. The van der Waals surface area contributed by atoms with Crippen LogP contribution in [0.1, 0.15) is 50.5 Å². The molecule has 4 atom stereocenters. The fourth-order valence-electron chi connectivity index (χ4n) is 5.95. The van der Waals surface area contributed by atoms with Crippen molar-refractivity contribution in [1.29, 1.82) is 0 Å². The Bertz CT molecular complexity index is 1240. The molecule has 4 rings (SSSR count). The lowest BCUT2D eigenvalue weighted by Gasteiger charge is -2.41. The first-order chi connectivity index (χ1) is 18.3. The number of Topliss-reactive ketones (excluding diaryl/α,β-unsaturated/α-hetero) is 2. The topological polar surface area (TPSA) is 135 Å². The molecule has 3 aliphatic rings. The third-order valence-corrected chi connectivity index (χ3v) is 9.57. The van der Waals surface area contributed by atoms with Gasteiger partial charge in [0.25, 0.3) is 0 Å². The number of nitrogens with two attached hydrogens (primary N) is 1. The standard InChI is InChI=1S/C26H32F3N3O6S/c27-19-13-21(29)20(28)11-15(19)12-22(30)16-9-17-1-2-18(10-16)32(17)25(35)5-8-39(37,38)14-26(36)31-6-3-23(33)24(34)4-7-31/h11,13,16-18,22H,1-10,12,14,30H2/t16?,17-,18+,22-/m1/s1. The summed E-state index contributed by atoms with van der Waals surface area (Å²) in [5, 5.41) is 0. The smallest absolute Gasteiger partial charge is 0.237 e. The molecule has 3 saturated heterocycles. The zero-order valence-corrected chi connectivity index (χ0v) is 22.2. The molecule has 0 saturated carbocycles. The van der Waals surface area contributed by atoms with Gasteiger partial charge in [0.1, 0.15) is 11.6 Å². The average Bonchev–Trinajstić information content (AvgIpc) is 3.02. The fourth-order valence-corrected chi connectivity index (χ4v) is 7.14. The van der Waals surface area contributed by atoms with Crippen molar-refractivity contribution < 1.29 is 40.8 Å². The molecule has 3 fully saturated rings. The minimum Gasteiger partial charge on any atom is -0.341 e. The maximum atomic E-state index is 14.1. The van der Waals surface area contributed by atoms with E-state index in [2.05, 4.69) is 0 Å². The second-order valence-corrected chi connectivity index (χ2v) is 12.9. The highest BCUT2D eigenvalue weighted by Gasteiger charge is 2.44. The summed E-state index contributed by atoms with van der Waals surface area (Å²) < 4.78 is 66.1. The average molecular weight is 572 g/mol. The first-order valence-corrected chi connectivity index (χ1v) is 14.9. The first kappa shape index (κ1) is 29.2. The lowest BCUT2D eigenvalue weighted by atomic mass is 9.82. The molecule has 3 heterocycles. The van der Waals surface area contributed by atoms with E-state index in [9.17, 15) is 40.8 Å². The molecule has 3 aliphatic heterocycles. The van der Waals surface area contributed by atoms with Crippen LogP contribution in [0.25, 0.3) is 0 Å². The molecule has 214 valence electrons. The van der Waals surface area contributed by atoms with Gasteiger partial charge in [0, 0.05) is 56.5 Å². The highest BCUT2D eigenvalue weighted by molar-refractivity contribution is 7.92. The number of likely N-dealkylation sites (tertiary alicyclic amines) is 1. The highest BCUT2D eigenvalue weighted by Crippen LogP contribution is 2.40. The van der Waals surface area contributed by atoms with Crippen LogP contribution in [0.5, 0.6) is 0 Å². The van der Waals surface area contributed by atoms with Crippen molar-refractivity contribution in [3.63, 3.8) is 0 Å². The van der Waals surface area contributed by atoms with E-state index in [-0.39, 0.29) is 68.2 Å². The fraction of sp³-hybridized carbons (Fsp3) is 0.615. The predicted molar refractivity (Wildman–Crippen MR) is 133 cm³/mol. The Morgan fingerprint density at radius 2 is 1.49 bits per heavy atom. The Morgan fingerprint density at radius 1 is 0.923 bits per heavy atom. The Hall–Kier alpha value is -2.80. The summed E-state index contributed by atoms with van der Waals surface area (Å²) in [6, 6.07) is 0.479. The monoisotopic (exact) mass is 571 g/mol. The molecule has 9 nitrogen and oxygen atoms in total. The number of fused-ring (bicyclic) bond motifs is 2. The molecule has 0 aromatic heterocycles. The van der Waals surface area contributed by atoms with Gasteiger partial charge in [-0.25, -0.2) is 21.6 Å². The van der Waals surface area contributed by atoms with Crippen LogP contribution in [0.2, 0.25) is 0 Å². The van der Waals surface area contributed by atoms with Crippen LogP contribution < -0.4 is 5.73 Å². The van der Waals surface area contributed by atoms with Crippen molar-refractivity contribution in [2.24, 2.45) is 11.7 Å². The number of carbonyl (C=O) groups excluding carboxylic acids is 4. The number of hydrogen-bond donors (Lipinski definition) is 1. The normalized spacial score (nSPS) is 24.6. The molecule has 1 aromatic rings. The van der Waals surface area contributed by atoms with Gasteiger partial charge in [-0.3, -0.25) is 19.2 Å². The predicted octanol–water partition coefficient (Wildman–Crippen LogP) is 1.31. The summed E-state index contributed by atoms with van der Waals surface area (Å²) >= 11 is 0. The molecule has 13 heteroatoms. The Kier molecular flexibility index (Phi) is 8.79. The Morgan fingerprint density at radius 3 is 2.08 bits per heavy atom. The number of carbonyl (C=O) groups is 4. The van der Waals surface area contributed by atoms with E-state index in [1.807, 2.05) is 0 Å². The lowest BCUT2D eigenvalue weighted by molar-refractivity contribution is -0.136. The van der Waals surface area contributed by atoms with Gasteiger partial charge in [-0.05, 0) is 49.7 Å². The zero-order valence-electron chi connectivity index (χ0n) is 21.4. The van der Waals surface area contributed by atoms with Crippen molar-refractivity contribution in [2.45, 2.75) is 69.5 Å². The van der Waals surface area contributed by atoms with Gasteiger partial charge in [0.15, 0.2) is 33.0 Å². The van der Waals surface area contributed by atoms with Gasteiger partial charge in [0.05, 0.1) is 5.75 Å². The largest absolute Gasteiger partial charge is 0.341 e. The summed E-state index contributed by atoms with van der Waals surface area (Å²) in [4.78, 5) is 51.5. The van der Waals surface area contributed by atoms with Crippen molar-refractivity contribution in [3.8, 4) is 0 Å². The minimum atomic E-state index is -3.91. The van der Waals surface area contributed by atoms with Crippen molar-refractivity contribution in [2.75, 3.05) is 24.6 Å². The number of rotatable bonds is 8. The molecule has 2 bridgehead atoms. The lowest BCUT2D eigenvalue weighted by Crippen LogP contribution is -2.50. The SMILES string of the molecule is N[C@H](Cc1cc(F)c(F)cc1F)C1C[C@H]2CC[C@@H](C1)N2C(=O)CCS(=O)(=O)CC(=O)N1CCC(=O)C(=O)CC1. The van der Waals surface area contributed by atoms with Gasteiger partial charge in [-0.2, -0.15) is 0 Å². The van der Waals surface area contributed by atoms with Gasteiger partial charge in [0.2, 0.25) is 11.8 Å². The number of benzene rings is 1. The van der Waals surface area contributed by atoms with E-state index in [1.165, 1.54) is 4.90 Å². The molecule has 1 unspecified atom stereocenters. The maximum absolute atomic E-state index is 14.1. The Balaban J connectivity index is 1.29. The van der Waals surface area contributed by atoms with E-state index in [4.69, 9.17) is 5.73 Å². The molecule has 39 heavy (non-hydrogen) atoms. The van der Waals surface area contributed by atoms with Crippen LogP contribution >= 0.6 is 0 Å². The number of ketones is 2. The van der Waals surface area contributed by atoms with Crippen molar-refractivity contribution in [1.82, 2.24) is 9.80 Å². The van der Waals surface area contributed by atoms with Crippen LogP contribution in [0.3, 0.4) is 0 Å². The summed E-state index contributed by atoms with van der Waals surface area (Å²) in [6.07, 6.45) is 1.97. The molecule has 0 radical (unpaired) electrons. The highest BCUT2D eigenvalue weighted by atomic mass is 32.2. The summed E-state index contributed by atoms with van der Waals surface area (Å²) in [5.41, 5.74) is 6.31. The number of amides is 2. The number of halogens is 3. The van der Waals surface area contributed by atoms with Gasteiger partial charge >= 0.3 is 0 Å². The van der Waals surface area contributed by atoms with E-state index < -0.39 is 62.3 Å². The first-order valence-electron chi connectivity index (χ1n) is 13.1. The second kappa shape index (κ2) is 11.7.